The Hall–Kier alpha value is -3.31. The summed E-state index contributed by atoms with van der Waals surface area (Å²) in [6.45, 7) is 3.14. The maximum atomic E-state index is 13.4. The van der Waals surface area contributed by atoms with Crippen LogP contribution in [0.1, 0.15) is 24.1 Å². The van der Waals surface area contributed by atoms with Crippen molar-refractivity contribution in [1.29, 1.82) is 0 Å². The number of benzene rings is 3. The summed E-state index contributed by atoms with van der Waals surface area (Å²) in [7, 11) is 3.69. The largest absolute Gasteiger partial charge is 0.497 e. The minimum absolute atomic E-state index is 0.0752. The molecule has 3 aromatic rings. The molecule has 5 heteroatoms. The van der Waals surface area contributed by atoms with Gasteiger partial charge in [0.2, 0.25) is 0 Å². The third-order valence-corrected chi connectivity index (χ3v) is 4.95. The van der Waals surface area contributed by atoms with Crippen LogP contribution in [0.5, 0.6) is 11.5 Å². The number of amides is 1. The molecule has 1 amide bonds. The van der Waals surface area contributed by atoms with Crippen LogP contribution in [0.25, 0.3) is 0 Å². The van der Waals surface area contributed by atoms with Crippen molar-refractivity contribution in [3.05, 3.63) is 90.0 Å². The lowest BCUT2D eigenvalue weighted by Gasteiger charge is -2.25. The second kappa shape index (κ2) is 10.5. The third kappa shape index (κ3) is 5.39. The first-order valence-corrected chi connectivity index (χ1v) is 10.1. The first-order valence-electron chi connectivity index (χ1n) is 10.1. The van der Waals surface area contributed by atoms with Crippen LogP contribution < -0.4 is 19.7 Å². The van der Waals surface area contributed by atoms with Gasteiger partial charge in [0, 0.05) is 11.1 Å². The van der Waals surface area contributed by atoms with Gasteiger partial charge in [0.05, 0.1) is 26.5 Å². The molecule has 0 heterocycles. The third-order valence-electron chi connectivity index (χ3n) is 4.95. The topological polar surface area (TPSA) is 52.0 Å². The van der Waals surface area contributed by atoms with Crippen LogP contribution in [0.3, 0.4) is 0 Å². The predicted molar refractivity (Wildman–Crippen MR) is 119 cm³/mol. The van der Waals surface area contributed by atoms with E-state index in [1.54, 1.807) is 7.11 Å². The van der Waals surface area contributed by atoms with Gasteiger partial charge in [-0.25, -0.2) is 0 Å². The number of para-hydroxylation sites is 2. The maximum absolute atomic E-state index is 13.4. The van der Waals surface area contributed by atoms with E-state index in [-0.39, 0.29) is 11.9 Å². The van der Waals surface area contributed by atoms with Crippen LogP contribution in [0, 0.1) is 0 Å². The number of carbonyl (C=O) groups is 1. The summed E-state index contributed by atoms with van der Waals surface area (Å²) in [5.74, 6) is 1.41. The fourth-order valence-electron chi connectivity index (χ4n) is 3.57. The first-order chi connectivity index (χ1) is 14.6. The molecule has 0 aromatic heterocycles. The number of nitrogens with one attached hydrogen (secondary N) is 2. The van der Waals surface area contributed by atoms with Crippen LogP contribution in [0.15, 0.2) is 78.9 Å². The molecule has 0 aliphatic heterocycles. The summed E-state index contributed by atoms with van der Waals surface area (Å²) < 4.78 is 11.0. The Kier molecular flexibility index (Phi) is 7.46. The van der Waals surface area contributed by atoms with E-state index in [2.05, 4.69) is 11.4 Å². The van der Waals surface area contributed by atoms with Crippen molar-refractivity contribution in [1.82, 2.24) is 0 Å². The number of hydrogen-bond donors (Lipinski definition) is 2. The number of quaternary nitrogens is 1. The molecule has 0 radical (unpaired) electrons. The van der Waals surface area contributed by atoms with Crippen molar-refractivity contribution in [2.75, 3.05) is 26.1 Å². The number of methoxy groups -OCH3 is 1. The van der Waals surface area contributed by atoms with Crippen molar-refractivity contribution in [2.45, 2.75) is 19.5 Å². The van der Waals surface area contributed by atoms with Gasteiger partial charge < -0.3 is 19.7 Å². The van der Waals surface area contributed by atoms with E-state index in [9.17, 15) is 4.79 Å². The number of anilines is 1. The summed E-state index contributed by atoms with van der Waals surface area (Å²) >= 11 is 0. The van der Waals surface area contributed by atoms with E-state index >= 15 is 0 Å². The second-order valence-electron chi connectivity index (χ2n) is 7.14. The number of likely N-dealkylation sites (N-methyl/N-ethyl adjacent to an activating group) is 1. The van der Waals surface area contributed by atoms with Gasteiger partial charge in [-0.3, -0.25) is 4.79 Å². The highest BCUT2D eigenvalue weighted by atomic mass is 16.5. The molecule has 5 nitrogen and oxygen atoms in total. The highest BCUT2D eigenvalue weighted by Gasteiger charge is 2.29. The van der Waals surface area contributed by atoms with Crippen molar-refractivity contribution >= 4 is 11.6 Å². The van der Waals surface area contributed by atoms with Crippen LogP contribution in [0.4, 0.5) is 5.69 Å². The number of rotatable bonds is 9. The van der Waals surface area contributed by atoms with Crippen LogP contribution in [0.2, 0.25) is 0 Å². The van der Waals surface area contributed by atoms with Crippen LogP contribution in [-0.2, 0) is 11.3 Å². The summed E-state index contributed by atoms with van der Waals surface area (Å²) in [6.07, 6.45) is 0. The van der Waals surface area contributed by atoms with E-state index < -0.39 is 0 Å². The Bertz CT molecular complexity index is 959. The molecule has 0 fully saturated rings. The monoisotopic (exact) mass is 405 g/mol. The van der Waals surface area contributed by atoms with Crippen LogP contribution >= 0.6 is 0 Å². The van der Waals surface area contributed by atoms with Gasteiger partial charge in [0.15, 0.2) is 6.04 Å². The van der Waals surface area contributed by atoms with Crippen molar-refractivity contribution in [3.63, 3.8) is 0 Å². The normalized spacial score (nSPS) is 12.6. The van der Waals surface area contributed by atoms with E-state index in [0.29, 0.717) is 24.6 Å². The van der Waals surface area contributed by atoms with E-state index in [1.165, 1.54) is 0 Å². The van der Waals surface area contributed by atoms with Crippen molar-refractivity contribution in [3.8, 4) is 11.5 Å². The smallest absolute Gasteiger partial charge is 0.287 e. The van der Waals surface area contributed by atoms with E-state index in [1.807, 2.05) is 86.8 Å². The molecule has 0 spiro atoms. The maximum Gasteiger partial charge on any atom is 0.287 e. The predicted octanol–water partition coefficient (Wildman–Crippen LogP) is 3.49. The van der Waals surface area contributed by atoms with Gasteiger partial charge in [-0.15, -0.1) is 0 Å². The molecule has 2 atom stereocenters. The first kappa shape index (κ1) is 21.4. The lowest BCUT2D eigenvalue weighted by Crippen LogP contribution is -3.09. The molecule has 0 aliphatic rings. The Balaban J connectivity index is 1.86. The molecular formula is C25H29N2O3+. The fourth-order valence-corrected chi connectivity index (χ4v) is 3.57. The average Bonchev–Trinajstić information content (AvgIpc) is 2.76. The van der Waals surface area contributed by atoms with Gasteiger partial charge in [-0.05, 0) is 31.2 Å². The molecule has 1 unspecified atom stereocenters. The molecule has 0 saturated heterocycles. The minimum atomic E-state index is -0.382. The lowest BCUT2D eigenvalue weighted by molar-refractivity contribution is -0.915. The number of carbonyl (C=O) groups excluding carboxylic acids is 1. The molecule has 3 aromatic carbocycles. The molecule has 2 N–H and O–H groups in total. The van der Waals surface area contributed by atoms with Gasteiger partial charge in [0.1, 0.15) is 18.0 Å². The zero-order chi connectivity index (χ0) is 21.3. The summed E-state index contributed by atoms with van der Waals surface area (Å²) in [6, 6.07) is 25.0. The van der Waals surface area contributed by atoms with Gasteiger partial charge in [-0.2, -0.15) is 0 Å². The van der Waals surface area contributed by atoms with Gasteiger partial charge in [0.25, 0.3) is 5.91 Å². The summed E-state index contributed by atoms with van der Waals surface area (Å²) in [5.41, 5.74) is 2.75. The Morgan fingerprint density at radius 1 is 1.00 bits per heavy atom. The summed E-state index contributed by atoms with van der Waals surface area (Å²) in [4.78, 5) is 14.5. The zero-order valence-corrected chi connectivity index (χ0v) is 17.7. The molecule has 156 valence electrons. The SMILES string of the molecule is CCOc1ccccc1NC(=O)[C@@H](c1ccccc1)[NH+](C)Cc1cccc(OC)c1. The zero-order valence-electron chi connectivity index (χ0n) is 17.7. The molecule has 0 aliphatic carbocycles. The minimum Gasteiger partial charge on any atom is -0.497 e. The molecule has 0 saturated carbocycles. The number of hydrogen-bond acceptors (Lipinski definition) is 3. The lowest BCUT2D eigenvalue weighted by atomic mass is 10.0. The Morgan fingerprint density at radius 2 is 1.73 bits per heavy atom. The van der Waals surface area contributed by atoms with E-state index in [4.69, 9.17) is 9.47 Å². The van der Waals surface area contributed by atoms with Crippen molar-refractivity contribution in [2.24, 2.45) is 0 Å². The molecule has 3 rings (SSSR count). The highest BCUT2D eigenvalue weighted by Crippen LogP contribution is 2.25. The molecular weight excluding hydrogens is 376 g/mol. The van der Waals surface area contributed by atoms with Crippen molar-refractivity contribution < 1.29 is 19.2 Å². The quantitative estimate of drug-likeness (QED) is 0.573. The van der Waals surface area contributed by atoms with Crippen LogP contribution in [-0.4, -0.2) is 26.7 Å². The summed E-state index contributed by atoms with van der Waals surface area (Å²) in [5, 5.41) is 3.07. The van der Waals surface area contributed by atoms with Gasteiger partial charge in [-0.1, -0.05) is 54.6 Å². The fraction of sp³-hybridized carbons (Fsp3) is 0.240. The Labute approximate surface area is 178 Å². The Morgan fingerprint density at radius 3 is 2.47 bits per heavy atom. The van der Waals surface area contributed by atoms with E-state index in [0.717, 1.165) is 21.8 Å². The van der Waals surface area contributed by atoms with Gasteiger partial charge >= 0.3 is 0 Å². The average molecular weight is 406 g/mol. The number of ether oxygens (including phenoxy) is 2. The second-order valence-corrected chi connectivity index (χ2v) is 7.14. The molecule has 0 bridgehead atoms. The molecule has 30 heavy (non-hydrogen) atoms. The standard InChI is InChI=1S/C25H28N2O3/c1-4-30-23-16-9-8-15-22(23)26-25(28)24(20-12-6-5-7-13-20)27(2)18-19-11-10-14-21(17-19)29-3/h5-17,24H,4,18H2,1-3H3,(H,26,28)/p+1/t24-/m1/s1. The highest BCUT2D eigenvalue weighted by molar-refractivity contribution is 5.95.